The van der Waals surface area contributed by atoms with Gasteiger partial charge in [-0.1, -0.05) is 292 Å². The van der Waals surface area contributed by atoms with Crippen molar-refractivity contribution in [2.75, 3.05) is 20.6 Å². The minimum Gasteiger partial charge on any atom is -0.344 e. The molecule has 0 N–H and O–H groups in total. The molecule has 0 spiro atoms. The zero-order chi connectivity index (χ0) is 59.1. The third-order valence-corrected chi connectivity index (χ3v) is 17.3. The Labute approximate surface area is 515 Å². The molecular formula is C79H143NO2. The molecule has 1 aliphatic rings. The highest BCUT2D eigenvalue weighted by Gasteiger charge is 2.55. The van der Waals surface area contributed by atoms with Crippen molar-refractivity contribution in [2.45, 2.75) is 385 Å². The van der Waals surface area contributed by atoms with Crippen LogP contribution in [0.3, 0.4) is 0 Å². The summed E-state index contributed by atoms with van der Waals surface area (Å²) < 4.78 is 15.5. The van der Waals surface area contributed by atoms with Gasteiger partial charge in [0.1, 0.15) is 0 Å². The van der Waals surface area contributed by atoms with E-state index < -0.39 is 5.79 Å². The molecule has 1 fully saturated rings. The van der Waals surface area contributed by atoms with Gasteiger partial charge in [-0.3, -0.25) is 0 Å². The van der Waals surface area contributed by atoms with Crippen molar-refractivity contribution in [3.63, 3.8) is 0 Å². The van der Waals surface area contributed by atoms with Crippen LogP contribution in [0.2, 0.25) is 0 Å². The van der Waals surface area contributed by atoms with E-state index in [9.17, 15) is 0 Å². The summed E-state index contributed by atoms with van der Waals surface area (Å²) in [5.41, 5.74) is -0.169. The summed E-state index contributed by atoms with van der Waals surface area (Å²) >= 11 is 0. The highest BCUT2D eigenvalue weighted by molar-refractivity contribution is 5.00. The van der Waals surface area contributed by atoms with Gasteiger partial charge >= 0.3 is 0 Å². The molecule has 1 heterocycles. The molecule has 1 atom stereocenters. The number of hydrogen-bond acceptors (Lipinski definition) is 3. The second kappa shape index (κ2) is 61.9. The molecule has 3 heteroatoms. The number of ether oxygens (including phenoxy) is 2. The van der Waals surface area contributed by atoms with E-state index in [0.717, 1.165) is 64.3 Å². The van der Waals surface area contributed by atoms with Crippen LogP contribution in [0.5, 0.6) is 0 Å². The van der Waals surface area contributed by atoms with Crippen molar-refractivity contribution >= 4 is 0 Å². The molecular weight excluding hydrogens is 995 g/mol. The van der Waals surface area contributed by atoms with Gasteiger partial charge in [0.25, 0.3) is 0 Å². The van der Waals surface area contributed by atoms with Crippen LogP contribution < -0.4 is 0 Å². The Morgan fingerprint density at radius 1 is 0.280 bits per heavy atom. The van der Waals surface area contributed by atoms with Gasteiger partial charge in [0.15, 0.2) is 5.79 Å². The molecule has 0 bridgehead atoms. The molecule has 1 saturated heterocycles. The first kappa shape index (κ1) is 77.8. The second-order valence-corrected chi connectivity index (χ2v) is 25.6. The van der Waals surface area contributed by atoms with Crippen LogP contribution in [0.4, 0.5) is 0 Å². The Bertz CT molecular complexity index is 1450. The highest BCUT2D eigenvalue weighted by Crippen LogP contribution is 2.49. The van der Waals surface area contributed by atoms with E-state index in [-0.39, 0.29) is 11.7 Å². The molecule has 1 unspecified atom stereocenters. The standard InChI is InChI=1S/C79H143NO2/c1-7-11-15-19-23-27-31-35-39-43-47-51-55-59-63-67-72-78(73-68-64-60-56-52-48-44-40-36-32-28-24-20-16-12-8-2)77(71-76-80(5)6)81-79(82-78,74-69-65-61-57-53-49-45-41-37-33-29-25-21-17-13-9-3)75-70-66-62-58-54-50-46-42-38-34-30-26-22-18-14-10-4/h23-30,35-42,77H,7-22,31-34,43-76H2,1-6H3/b27-23-,28-24-,29-25-,30-26-,39-35-,40-36-,41-37-,42-38-. The third kappa shape index (κ3) is 50.0. The number of unbranched alkanes of at least 4 members (excludes halogenated alkanes) is 36. The topological polar surface area (TPSA) is 21.7 Å². The first-order chi connectivity index (χ1) is 40.5. The fraction of sp³-hybridized carbons (Fsp3) is 0.797. The van der Waals surface area contributed by atoms with Gasteiger partial charge < -0.3 is 14.4 Å². The number of allylic oxidation sites excluding steroid dienone is 16. The van der Waals surface area contributed by atoms with Gasteiger partial charge in [-0.15, -0.1) is 0 Å². The van der Waals surface area contributed by atoms with Crippen LogP contribution in [0.15, 0.2) is 97.2 Å². The molecule has 1 rings (SSSR count). The minimum absolute atomic E-state index is 0.169. The van der Waals surface area contributed by atoms with Crippen molar-refractivity contribution in [3.8, 4) is 0 Å². The molecule has 0 saturated carbocycles. The Balaban J connectivity index is 3.02. The quantitative estimate of drug-likeness (QED) is 0.0448. The second-order valence-electron chi connectivity index (χ2n) is 25.6. The van der Waals surface area contributed by atoms with Crippen LogP contribution in [0, 0.1) is 0 Å². The highest BCUT2D eigenvalue weighted by atomic mass is 16.8. The first-order valence-corrected chi connectivity index (χ1v) is 36.7. The lowest BCUT2D eigenvalue weighted by molar-refractivity contribution is -0.203. The fourth-order valence-electron chi connectivity index (χ4n) is 12.0. The Hall–Kier alpha value is -2.20. The molecule has 0 aliphatic carbocycles. The van der Waals surface area contributed by atoms with E-state index >= 15 is 0 Å². The average molecular weight is 1140 g/mol. The lowest BCUT2D eigenvalue weighted by Crippen LogP contribution is -2.42. The number of nitrogens with zero attached hydrogens (tertiary/aromatic N) is 1. The van der Waals surface area contributed by atoms with Crippen LogP contribution >= 0.6 is 0 Å². The van der Waals surface area contributed by atoms with Crippen molar-refractivity contribution < 1.29 is 9.47 Å². The summed E-state index contributed by atoms with van der Waals surface area (Å²) in [5, 5.41) is 0. The maximum Gasteiger partial charge on any atom is 0.169 e. The van der Waals surface area contributed by atoms with E-state index in [1.165, 1.54) is 283 Å². The van der Waals surface area contributed by atoms with E-state index in [0.29, 0.717) is 0 Å². The molecule has 476 valence electrons. The van der Waals surface area contributed by atoms with E-state index in [2.05, 4.69) is 144 Å². The predicted octanol–water partition coefficient (Wildman–Crippen LogP) is 26.6. The SMILES string of the molecule is CCCCC/C=C\C/C=C\CCCCCCCCC1(CCCCCCCC/C=C\C/C=C\CCCCC)OC(CCN(C)C)C(CCCCCCCC/C=C\C/C=C\CCCCC)(CCCCCCCC/C=C\C/C=C\CCCCC)O1. The van der Waals surface area contributed by atoms with Crippen LogP contribution in [-0.2, 0) is 9.47 Å². The maximum atomic E-state index is 7.89. The van der Waals surface area contributed by atoms with E-state index in [1.54, 1.807) is 0 Å². The zero-order valence-electron chi connectivity index (χ0n) is 56.3. The van der Waals surface area contributed by atoms with Gasteiger partial charge in [-0.25, -0.2) is 0 Å². The summed E-state index contributed by atoms with van der Waals surface area (Å²) in [6.07, 6.45) is 106. The smallest absolute Gasteiger partial charge is 0.169 e. The van der Waals surface area contributed by atoms with Gasteiger partial charge in [0, 0.05) is 19.4 Å². The fourth-order valence-corrected chi connectivity index (χ4v) is 12.0. The summed E-state index contributed by atoms with van der Waals surface area (Å²) in [6.45, 7) is 10.2. The molecule has 0 aromatic heterocycles. The number of hydrogen-bond donors (Lipinski definition) is 0. The van der Waals surface area contributed by atoms with Crippen molar-refractivity contribution in [3.05, 3.63) is 97.2 Å². The van der Waals surface area contributed by atoms with Gasteiger partial charge in [-0.05, 0) is 175 Å². The summed E-state index contributed by atoms with van der Waals surface area (Å²) in [4.78, 5) is 2.39. The molecule has 0 radical (unpaired) electrons. The Morgan fingerprint density at radius 3 is 0.768 bits per heavy atom. The lowest BCUT2D eigenvalue weighted by Gasteiger charge is -2.35. The summed E-state index contributed by atoms with van der Waals surface area (Å²) in [5.74, 6) is -0.432. The minimum atomic E-state index is -0.432. The Morgan fingerprint density at radius 2 is 0.512 bits per heavy atom. The molecule has 3 nitrogen and oxygen atoms in total. The monoisotopic (exact) mass is 1140 g/mol. The predicted molar refractivity (Wildman–Crippen MR) is 370 cm³/mol. The van der Waals surface area contributed by atoms with E-state index in [4.69, 9.17) is 9.47 Å². The number of rotatable bonds is 63. The van der Waals surface area contributed by atoms with Gasteiger partial charge in [-0.2, -0.15) is 0 Å². The van der Waals surface area contributed by atoms with Crippen molar-refractivity contribution in [1.82, 2.24) is 4.90 Å². The van der Waals surface area contributed by atoms with Crippen molar-refractivity contribution in [1.29, 1.82) is 0 Å². The van der Waals surface area contributed by atoms with Gasteiger partial charge in [0.2, 0.25) is 0 Å². The first-order valence-electron chi connectivity index (χ1n) is 36.7. The van der Waals surface area contributed by atoms with Crippen molar-refractivity contribution in [2.24, 2.45) is 0 Å². The van der Waals surface area contributed by atoms with E-state index in [1.807, 2.05) is 0 Å². The summed E-state index contributed by atoms with van der Waals surface area (Å²) in [7, 11) is 4.51. The zero-order valence-corrected chi connectivity index (χ0v) is 56.3. The molecule has 0 aromatic carbocycles. The lowest BCUT2D eigenvalue weighted by atomic mass is 9.83. The van der Waals surface area contributed by atoms with Crippen LogP contribution in [0.25, 0.3) is 0 Å². The molecule has 82 heavy (non-hydrogen) atoms. The molecule has 1 aliphatic heterocycles. The largest absolute Gasteiger partial charge is 0.344 e. The molecule has 0 aromatic rings. The van der Waals surface area contributed by atoms with Gasteiger partial charge in [0.05, 0.1) is 11.7 Å². The normalized spacial score (nSPS) is 15.8. The van der Waals surface area contributed by atoms with Crippen LogP contribution in [-0.4, -0.2) is 43.0 Å². The Kier molecular flexibility index (Phi) is 58.7. The average Bonchev–Trinajstić information content (AvgIpc) is 4.03. The molecule has 0 amide bonds. The maximum absolute atomic E-state index is 7.89. The summed E-state index contributed by atoms with van der Waals surface area (Å²) in [6, 6.07) is 0. The third-order valence-electron chi connectivity index (χ3n) is 17.3. The van der Waals surface area contributed by atoms with Crippen LogP contribution in [0.1, 0.15) is 368 Å².